The standard InChI is InChI=1S/C18H17F2NO3/c1-24-13-5-2-4-12(10-13)8-9-17(23)21-11-16(22)18-14(19)6-3-7-15(18)20/h2-10,16,22H,11H2,1H3,(H,21,23)/b9-8+. The molecule has 0 aliphatic carbocycles. The van der Waals surface area contributed by atoms with Crippen molar-refractivity contribution in [2.24, 2.45) is 0 Å². The summed E-state index contributed by atoms with van der Waals surface area (Å²) in [6.07, 6.45) is 1.35. The number of hydrogen-bond acceptors (Lipinski definition) is 3. The van der Waals surface area contributed by atoms with E-state index in [9.17, 15) is 18.7 Å². The smallest absolute Gasteiger partial charge is 0.244 e. The van der Waals surface area contributed by atoms with Gasteiger partial charge in [0.05, 0.1) is 12.7 Å². The first-order valence-electron chi connectivity index (χ1n) is 7.23. The lowest BCUT2D eigenvalue weighted by Crippen LogP contribution is -2.27. The Balaban J connectivity index is 1.94. The van der Waals surface area contributed by atoms with Gasteiger partial charge >= 0.3 is 0 Å². The number of ether oxygens (including phenoxy) is 1. The maximum Gasteiger partial charge on any atom is 0.244 e. The van der Waals surface area contributed by atoms with Crippen LogP contribution >= 0.6 is 0 Å². The molecule has 2 N–H and O–H groups in total. The van der Waals surface area contributed by atoms with Crippen LogP contribution in [0.3, 0.4) is 0 Å². The first kappa shape index (κ1) is 17.6. The molecule has 1 unspecified atom stereocenters. The van der Waals surface area contributed by atoms with E-state index in [2.05, 4.69) is 5.32 Å². The van der Waals surface area contributed by atoms with Crippen molar-refractivity contribution in [2.75, 3.05) is 13.7 Å². The van der Waals surface area contributed by atoms with Crippen molar-refractivity contribution in [3.05, 3.63) is 71.3 Å². The van der Waals surface area contributed by atoms with Crippen LogP contribution in [0.25, 0.3) is 6.08 Å². The zero-order valence-electron chi connectivity index (χ0n) is 13.0. The number of amides is 1. The number of benzene rings is 2. The number of methoxy groups -OCH3 is 1. The van der Waals surface area contributed by atoms with Crippen LogP contribution in [0.5, 0.6) is 5.75 Å². The van der Waals surface area contributed by atoms with Crippen LogP contribution in [-0.4, -0.2) is 24.7 Å². The second-order valence-corrected chi connectivity index (χ2v) is 5.01. The van der Waals surface area contributed by atoms with Gasteiger partial charge in [-0.1, -0.05) is 18.2 Å². The number of carbonyl (C=O) groups is 1. The molecule has 4 nitrogen and oxygen atoms in total. The van der Waals surface area contributed by atoms with Gasteiger partial charge in [-0.05, 0) is 35.9 Å². The molecule has 0 spiro atoms. The second-order valence-electron chi connectivity index (χ2n) is 5.01. The third-order valence-electron chi connectivity index (χ3n) is 3.32. The number of rotatable bonds is 6. The number of aliphatic hydroxyl groups excluding tert-OH is 1. The van der Waals surface area contributed by atoms with E-state index in [1.54, 1.807) is 37.5 Å². The van der Waals surface area contributed by atoms with Gasteiger partial charge in [0.1, 0.15) is 23.5 Å². The van der Waals surface area contributed by atoms with Gasteiger partial charge in [-0.25, -0.2) is 8.78 Å². The molecule has 0 heterocycles. The van der Waals surface area contributed by atoms with Gasteiger partial charge in [0.2, 0.25) is 5.91 Å². The second kappa shape index (κ2) is 8.21. The fourth-order valence-corrected chi connectivity index (χ4v) is 2.10. The minimum atomic E-state index is -1.47. The summed E-state index contributed by atoms with van der Waals surface area (Å²) in [7, 11) is 1.54. The van der Waals surface area contributed by atoms with Crippen molar-refractivity contribution in [1.82, 2.24) is 5.32 Å². The molecule has 0 saturated heterocycles. The van der Waals surface area contributed by atoms with Gasteiger partial charge in [0.25, 0.3) is 0 Å². The summed E-state index contributed by atoms with van der Waals surface area (Å²) in [5.41, 5.74) is 0.291. The largest absolute Gasteiger partial charge is 0.497 e. The van der Waals surface area contributed by atoms with Gasteiger partial charge < -0.3 is 15.2 Å². The fraction of sp³-hybridized carbons (Fsp3) is 0.167. The van der Waals surface area contributed by atoms with E-state index < -0.39 is 29.2 Å². The van der Waals surface area contributed by atoms with Gasteiger partial charge in [0, 0.05) is 12.6 Å². The van der Waals surface area contributed by atoms with Crippen LogP contribution in [0.2, 0.25) is 0 Å². The Morgan fingerprint density at radius 2 is 1.92 bits per heavy atom. The highest BCUT2D eigenvalue weighted by Crippen LogP contribution is 2.20. The Morgan fingerprint density at radius 1 is 1.25 bits per heavy atom. The number of carbonyl (C=O) groups excluding carboxylic acids is 1. The number of halogens is 2. The molecule has 0 saturated carbocycles. The highest BCUT2D eigenvalue weighted by atomic mass is 19.1. The predicted molar refractivity (Wildman–Crippen MR) is 86.4 cm³/mol. The first-order valence-corrected chi connectivity index (χ1v) is 7.23. The van der Waals surface area contributed by atoms with Crippen molar-refractivity contribution in [3.63, 3.8) is 0 Å². The number of nitrogens with one attached hydrogen (secondary N) is 1. The average Bonchev–Trinajstić information content (AvgIpc) is 2.58. The highest BCUT2D eigenvalue weighted by Gasteiger charge is 2.17. The number of aliphatic hydroxyl groups is 1. The normalized spacial score (nSPS) is 12.2. The third-order valence-corrected chi connectivity index (χ3v) is 3.32. The zero-order chi connectivity index (χ0) is 17.5. The molecule has 24 heavy (non-hydrogen) atoms. The monoisotopic (exact) mass is 333 g/mol. The minimum absolute atomic E-state index is 0.306. The lowest BCUT2D eigenvalue weighted by atomic mass is 10.1. The Morgan fingerprint density at radius 3 is 2.58 bits per heavy atom. The van der Waals surface area contributed by atoms with Crippen LogP contribution < -0.4 is 10.1 Å². The van der Waals surface area contributed by atoms with Crippen molar-refractivity contribution >= 4 is 12.0 Å². The quantitative estimate of drug-likeness (QED) is 0.799. The van der Waals surface area contributed by atoms with Crippen molar-refractivity contribution < 1.29 is 23.4 Å². The summed E-state index contributed by atoms with van der Waals surface area (Å²) in [5.74, 6) is -1.55. The zero-order valence-corrected chi connectivity index (χ0v) is 13.0. The van der Waals surface area contributed by atoms with E-state index in [4.69, 9.17) is 4.74 Å². The topological polar surface area (TPSA) is 58.6 Å². The van der Waals surface area contributed by atoms with Gasteiger partial charge in [-0.3, -0.25) is 4.79 Å². The predicted octanol–water partition coefficient (Wildman–Crippen LogP) is 2.84. The molecule has 0 aliphatic heterocycles. The summed E-state index contributed by atoms with van der Waals surface area (Å²) in [5, 5.41) is 12.2. The van der Waals surface area contributed by atoms with E-state index in [1.807, 2.05) is 0 Å². The summed E-state index contributed by atoms with van der Waals surface area (Å²) in [4.78, 5) is 11.7. The minimum Gasteiger partial charge on any atom is -0.497 e. The Kier molecular flexibility index (Phi) is 6.03. The molecular formula is C18H17F2NO3. The van der Waals surface area contributed by atoms with E-state index in [-0.39, 0.29) is 6.54 Å². The molecule has 2 aromatic rings. The third kappa shape index (κ3) is 4.63. The van der Waals surface area contributed by atoms with Crippen LogP contribution in [0.4, 0.5) is 8.78 Å². The molecule has 0 bridgehead atoms. The van der Waals surface area contributed by atoms with E-state index in [1.165, 1.54) is 12.1 Å². The van der Waals surface area contributed by atoms with Crippen molar-refractivity contribution in [2.45, 2.75) is 6.10 Å². The van der Waals surface area contributed by atoms with E-state index >= 15 is 0 Å². The molecule has 0 radical (unpaired) electrons. The Bertz CT molecular complexity index is 727. The molecule has 6 heteroatoms. The summed E-state index contributed by atoms with van der Waals surface area (Å²) >= 11 is 0. The van der Waals surface area contributed by atoms with Gasteiger partial charge in [-0.2, -0.15) is 0 Å². The first-order chi connectivity index (χ1) is 11.5. The molecule has 0 aromatic heterocycles. The Labute approximate surface area is 138 Å². The molecular weight excluding hydrogens is 316 g/mol. The lowest BCUT2D eigenvalue weighted by molar-refractivity contribution is -0.116. The Hall–Kier alpha value is -2.73. The van der Waals surface area contributed by atoms with Crippen molar-refractivity contribution in [3.8, 4) is 5.75 Å². The lowest BCUT2D eigenvalue weighted by Gasteiger charge is -2.13. The molecule has 0 fully saturated rings. The van der Waals surface area contributed by atoms with Crippen LogP contribution in [0.15, 0.2) is 48.5 Å². The molecule has 0 aliphatic rings. The number of hydrogen-bond donors (Lipinski definition) is 2. The van der Waals surface area contributed by atoms with Gasteiger partial charge in [-0.15, -0.1) is 0 Å². The van der Waals surface area contributed by atoms with Crippen LogP contribution in [0.1, 0.15) is 17.2 Å². The molecule has 126 valence electrons. The average molecular weight is 333 g/mol. The summed E-state index contributed by atoms with van der Waals surface area (Å²) in [6, 6.07) is 10.4. The summed E-state index contributed by atoms with van der Waals surface area (Å²) in [6.45, 7) is -0.306. The van der Waals surface area contributed by atoms with E-state index in [0.717, 1.165) is 17.7 Å². The maximum absolute atomic E-state index is 13.5. The van der Waals surface area contributed by atoms with Gasteiger partial charge in [0.15, 0.2) is 0 Å². The molecule has 2 aromatic carbocycles. The van der Waals surface area contributed by atoms with Crippen molar-refractivity contribution in [1.29, 1.82) is 0 Å². The molecule has 1 atom stereocenters. The highest BCUT2D eigenvalue weighted by molar-refractivity contribution is 5.91. The van der Waals surface area contributed by atoms with E-state index in [0.29, 0.717) is 5.75 Å². The van der Waals surface area contributed by atoms with Crippen LogP contribution in [0, 0.1) is 11.6 Å². The molecule has 1 amide bonds. The van der Waals surface area contributed by atoms with Crippen LogP contribution in [-0.2, 0) is 4.79 Å². The SMILES string of the molecule is COc1cccc(/C=C/C(=O)NCC(O)c2c(F)cccc2F)c1. The summed E-state index contributed by atoms with van der Waals surface area (Å²) < 4.78 is 32.1. The molecule has 2 rings (SSSR count). The fourth-order valence-electron chi connectivity index (χ4n) is 2.10. The maximum atomic E-state index is 13.5.